The van der Waals surface area contributed by atoms with Gasteiger partial charge in [-0.2, -0.15) is 0 Å². The number of nitrogens with zero attached hydrogens (tertiary/aromatic N) is 2. The maximum Gasteiger partial charge on any atom is 0.339 e. The van der Waals surface area contributed by atoms with Crippen molar-refractivity contribution in [1.29, 1.82) is 0 Å². The van der Waals surface area contributed by atoms with Gasteiger partial charge in [0.1, 0.15) is 0 Å². The molecule has 2 amide bonds. The maximum atomic E-state index is 13.8. The predicted molar refractivity (Wildman–Crippen MR) is 183 cm³/mol. The molecule has 1 fully saturated rings. The number of rotatable bonds is 8. The number of halogens is 4. The summed E-state index contributed by atoms with van der Waals surface area (Å²) >= 11 is 22.0. The summed E-state index contributed by atoms with van der Waals surface area (Å²) in [5, 5.41) is 1.39. The highest BCUT2D eigenvalue weighted by Gasteiger charge is 2.47. The van der Waals surface area contributed by atoms with Crippen LogP contribution in [0.3, 0.4) is 0 Å². The number of allylic oxidation sites excluding steroid dienone is 2. The number of Topliss-reactive ketones (excluding diaryl/α,β-unsaturated/α-hetero) is 1. The number of alkyl halides is 1. The molecule has 3 aromatic carbocycles. The molecule has 6 rings (SSSR count). The number of carbonyl (C=O) groups is 4. The van der Waals surface area contributed by atoms with Gasteiger partial charge in [0.05, 0.1) is 39.3 Å². The topological polar surface area (TPSA) is 93.6 Å². The molecule has 0 N–H and O–H groups in total. The number of amides is 2. The highest BCUT2D eigenvalue weighted by molar-refractivity contribution is 9.10. The lowest BCUT2D eigenvalue weighted by Crippen LogP contribution is -2.30. The summed E-state index contributed by atoms with van der Waals surface area (Å²) in [7, 11) is 0. The first kappa shape index (κ1) is 32.4. The van der Waals surface area contributed by atoms with E-state index < -0.39 is 17.9 Å². The van der Waals surface area contributed by atoms with Crippen LogP contribution in [-0.4, -0.2) is 40.5 Å². The highest BCUT2D eigenvalue weighted by atomic mass is 79.9. The normalized spacial score (nSPS) is 18.2. The van der Waals surface area contributed by atoms with Gasteiger partial charge in [0.15, 0.2) is 6.10 Å². The number of hydrogen-bond acceptors (Lipinski definition) is 6. The minimum Gasteiger partial charge on any atom is -0.450 e. The van der Waals surface area contributed by atoms with Crippen molar-refractivity contribution in [2.75, 3.05) is 10.8 Å². The second-order valence-electron chi connectivity index (χ2n) is 11.2. The molecule has 11 heteroatoms. The van der Waals surface area contributed by atoms with Crippen LogP contribution in [0.4, 0.5) is 5.69 Å². The number of aromatic nitrogens is 1. The SMILES string of the molecule is Cc1c(Cl)c(Br)cc2c(C(=O)OC(CCCl)C(=O)c3ccc(Cl)cc3)cc(-c3ccc(N4C(=O)C5CC=CCC5C4=O)cc3)nc12. The summed E-state index contributed by atoms with van der Waals surface area (Å²) < 4.78 is 6.39. The van der Waals surface area contributed by atoms with Crippen LogP contribution in [0.5, 0.6) is 0 Å². The van der Waals surface area contributed by atoms with Gasteiger partial charge in [-0.05, 0) is 89.8 Å². The van der Waals surface area contributed by atoms with Gasteiger partial charge in [-0.15, -0.1) is 11.6 Å². The minimum absolute atomic E-state index is 0.0895. The lowest BCUT2D eigenvalue weighted by Gasteiger charge is -2.18. The Morgan fingerprint density at radius 1 is 0.978 bits per heavy atom. The number of pyridine rings is 1. The average Bonchev–Trinajstić information content (AvgIpc) is 3.32. The van der Waals surface area contributed by atoms with Crippen LogP contribution in [0.15, 0.2) is 77.3 Å². The van der Waals surface area contributed by atoms with Crippen molar-refractivity contribution < 1.29 is 23.9 Å². The second kappa shape index (κ2) is 13.3. The van der Waals surface area contributed by atoms with Crippen LogP contribution >= 0.6 is 50.7 Å². The van der Waals surface area contributed by atoms with Crippen LogP contribution in [-0.2, 0) is 14.3 Å². The summed E-state index contributed by atoms with van der Waals surface area (Å²) in [6, 6.07) is 16.5. The second-order valence-corrected chi connectivity index (χ2v) is 13.3. The molecule has 3 atom stereocenters. The molecule has 46 heavy (non-hydrogen) atoms. The third kappa shape index (κ3) is 5.99. The fourth-order valence-corrected chi connectivity index (χ4v) is 6.94. The summed E-state index contributed by atoms with van der Waals surface area (Å²) in [6.45, 7) is 1.80. The largest absolute Gasteiger partial charge is 0.450 e. The summed E-state index contributed by atoms with van der Waals surface area (Å²) in [5.74, 6) is -2.12. The average molecular weight is 741 g/mol. The lowest BCUT2D eigenvalue weighted by molar-refractivity contribution is -0.122. The van der Waals surface area contributed by atoms with E-state index in [4.69, 9.17) is 44.5 Å². The molecule has 1 saturated heterocycles. The Bertz CT molecular complexity index is 1900. The Kier molecular flexibility index (Phi) is 9.35. The standard InChI is InChI=1S/C35H26BrCl3N2O5/c1-18-30(39)27(36)16-25-26(35(45)46-29(14-15-37)32(42)20-6-10-21(38)11-7-20)17-28(40-31(18)25)19-8-12-22(13-9-19)41-33(43)23-4-2-3-5-24(23)34(41)44/h2-3,6-13,16-17,23-24,29H,4-5,14-15H2,1H3. The molecule has 0 bridgehead atoms. The van der Waals surface area contributed by atoms with Crippen molar-refractivity contribution in [1.82, 2.24) is 4.98 Å². The number of aryl methyl sites for hydroxylation is 1. The van der Waals surface area contributed by atoms with Gasteiger partial charge < -0.3 is 4.74 Å². The smallest absolute Gasteiger partial charge is 0.339 e. The molecule has 2 aliphatic rings. The fourth-order valence-electron chi connectivity index (χ4n) is 5.95. The zero-order valence-corrected chi connectivity index (χ0v) is 28.3. The number of anilines is 1. The number of ether oxygens (including phenoxy) is 1. The van der Waals surface area contributed by atoms with Gasteiger partial charge >= 0.3 is 5.97 Å². The Balaban J connectivity index is 1.37. The third-order valence-electron chi connectivity index (χ3n) is 8.41. The number of hydrogen-bond donors (Lipinski definition) is 0. The van der Waals surface area contributed by atoms with Crippen molar-refractivity contribution in [2.24, 2.45) is 11.8 Å². The molecule has 7 nitrogen and oxygen atoms in total. The number of carbonyl (C=O) groups excluding carboxylic acids is 4. The van der Waals surface area contributed by atoms with Gasteiger partial charge in [-0.3, -0.25) is 19.3 Å². The van der Waals surface area contributed by atoms with Crippen LogP contribution in [0.1, 0.15) is 45.5 Å². The molecule has 234 valence electrons. The molecular weight excluding hydrogens is 715 g/mol. The molecule has 3 unspecified atom stereocenters. The summed E-state index contributed by atoms with van der Waals surface area (Å²) in [5.41, 5.74) is 3.16. The molecule has 4 aromatic rings. The van der Waals surface area contributed by atoms with Gasteiger partial charge in [0, 0.05) is 38.3 Å². The monoisotopic (exact) mass is 738 g/mol. The van der Waals surface area contributed by atoms with E-state index in [1.165, 1.54) is 4.90 Å². The Hall–Kier alpha value is -3.56. The summed E-state index contributed by atoms with van der Waals surface area (Å²) in [4.78, 5) is 59.5. The quantitative estimate of drug-likeness (QED) is 0.0590. The Morgan fingerprint density at radius 2 is 1.61 bits per heavy atom. The van der Waals surface area contributed by atoms with Gasteiger partial charge in [-0.1, -0.05) is 47.5 Å². The fraction of sp³-hybridized carbons (Fsp3) is 0.229. The van der Waals surface area contributed by atoms with Crippen molar-refractivity contribution in [2.45, 2.75) is 32.3 Å². The van der Waals surface area contributed by atoms with E-state index in [0.717, 1.165) is 0 Å². The van der Waals surface area contributed by atoms with Crippen LogP contribution in [0, 0.1) is 18.8 Å². The number of fused-ring (bicyclic) bond motifs is 2. The van der Waals surface area contributed by atoms with E-state index in [0.29, 0.717) is 66.3 Å². The van der Waals surface area contributed by atoms with E-state index >= 15 is 0 Å². The zero-order valence-electron chi connectivity index (χ0n) is 24.4. The van der Waals surface area contributed by atoms with E-state index in [2.05, 4.69) is 15.9 Å². The zero-order chi connectivity index (χ0) is 32.7. The van der Waals surface area contributed by atoms with Crippen LogP contribution in [0.2, 0.25) is 10.0 Å². The van der Waals surface area contributed by atoms with Gasteiger partial charge in [0.25, 0.3) is 0 Å². The number of esters is 1. The van der Waals surface area contributed by atoms with E-state index in [9.17, 15) is 19.2 Å². The Morgan fingerprint density at radius 3 is 2.22 bits per heavy atom. The number of benzene rings is 3. The molecule has 0 spiro atoms. The first-order chi connectivity index (χ1) is 22.1. The summed E-state index contributed by atoms with van der Waals surface area (Å²) in [6.07, 6.45) is 3.98. The van der Waals surface area contributed by atoms with Gasteiger partial charge in [-0.25, -0.2) is 9.78 Å². The predicted octanol–water partition coefficient (Wildman–Crippen LogP) is 8.77. The highest BCUT2D eigenvalue weighted by Crippen LogP contribution is 2.39. The molecule has 0 saturated carbocycles. The van der Waals surface area contributed by atoms with Crippen LogP contribution < -0.4 is 4.90 Å². The van der Waals surface area contributed by atoms with Crippen molar-refractivity contribution in [3.8, 4) is 11.3 Å². The Labute approximate surface area is 288 Å². The first-order valence-corrected chi connectivity index (χ1v) is 16.7. The maximum absolute atomic E-state index is 13.8. The molecule has 1 aliphatic carbocycles. The van der Waals surface area contributed by atoms with Crippen molar-refractivity contribution in [3.05, 3.63) is 104 Å². The van der Waals surface area contributed by atoms with Gasteiger partial charge in [0.2, 0.25) is 17.6 Å². The molecule has 1 aromatic heterocycles. The van der Waals surface area contributed by atoms with Crippen molar-refractivity contribution in [3.63, 3.8) is 0 Å². The minimum atomic E-state index is -1.14. The van der Waals surface area contributed by atoms with Crippen LogP contribution in [0.25, 0.3) is 22.2 Å². The molecular formula is C35H26BrCl3N2O5. The molecule has 0 radical (unpaired) electrons. The molecule has 1 aliphatic heterocycles. The van der Waals surface area contributed by atoms with Crippen molar-refractivity contribution >= 4 is 90.9 Å². The van der Waals surface area contributed by atoms with E-state index in [-0.39, 0.29) is 41.5 Å². The van der Waals surface area contributed by atoms with E-state index in [1.54, 1.807) is 67.6 Å². The first-order valence-electron chi connectivity index (χ1n) is 14.6. The lowest BCUT2D eigenvalue weighted by atomic mass is 9.85. The third-order valence-corrected chi connectivity index (χ3v) is 10.2. The van der Waals surface area contributed by atoms with E-state index in [1.807, 2.05) is 12.2 Å². The number of ketones is 1. The number of imide groups is 1. The molecule has 2 heterocycles.